The fourth-order valence-electron chi connectivity index (χ4n) is 1.27. The summed E-state index contributed by atoms with van der Waals surface area (Å²) in [5.74, 6) is 0. The van der Waals surface area contributed by atoms with Crippen LogP contribution in [0.2, 0.25) is 0 Å². The fraction of sp³-hybridized carbons (Fsp3) is 0.857. The van der Waals surface area contributed by atoms with E-state index in [-0.39, 0.29) is 0 Å². The number of hydrogen-bond acceptors (Lipinski definition) is 2. The summed E-state index contributed by atoms with van der Waals surface area (Å²) in [7, 11) is 8.06. The lowest BCUT2D eigenvalue weighted by Crippen LogP contribution is -2.28. The van der Waals surface area contributed by atoms with Gasteiger partial charge in [0, 0.05) is 19.6 Å². The summed E-state index contributed by atoms with van der Waals surface area (Å²) >= 11 is 0. The summed E-state index contributed by atoms with van der Waals surface area (Å²) in [4.78, 5) is 4.40. The second-order valence-electron chi connectivity index (χ2n) is 2.96. The van der Waals surface area contributed by atoms with Crippen molar-refractivity contribution < 1.29 is 0 Å². The van der Waals surface area contributed by atoms with Gasteiger partial charge >= 0.3 is 0 Å². The Balaban J connectivity index is 2.30. The Hall–Kier alpha value is -0.0800. The lowest BCUT2D eigenvalue weighted by molar-refractivity contribution is 0.313. The largest absolute Gasteiger partial charge is 0.305 e. The lowest BCUT2D eigenvalue weighted by atomic mass is 10.2. The number of likely N-dealkylation sites (N-methyl/N-ethyl adjacent to an activating group) is 2. The first kappa shape index (κ1) is 7.03. The van der Waals surface area contributed by atoms with Gasteiger partial charge in [-0.3, -0.25) is 0 Å². The van der Waals surface area contributed by atoms with Gasteiger partial charge in [-0.1, -0.05) is 0 Å². The number of likely N-dealkylation sites (tertiary alicyclic amines) is 1. The molecule has 1 fully saturated rings. The Kier molecular flexibility index (Phi) is 2.09. The molecule has 1 aliphatic rings. The minimum atomic E-state index is 0.690. The van der Waals surface area contributed by atoms with Crippen LogP contribution in [0.15, 0.2) is 0 Å². The van der Waals surface area contributed by atoms with Crippen molar-refractivity contribution in [2.24, 2.45) is 0 Å². The van der Waals surface area contributed by atoms with Crippen LogP contribution < -0.4 is 0 Å². The van der Waals surface area contributed by atoms with Crippen molar-refractivity contribution in [1.82, 2.24) is 9.80 Å². The molecule has 0 amide bonds. The van der Waals surface area contributed by atoms with Gasteiger partial charge in [-0.05, 0) is 27.1 Å². The van der Waals surface area contributed by atoms with Crippen LogP contribution in [0.4, 0.5) is 0 Å². The standard InChI is InChI=1S/C7H15N2/c1-8(2)7-4-5-9(3)6-7/h7H,1,4-6H2,2-3H3. The van der Waals surface area contributed by atoms with Gasteiger partial charge in [-0.15, -0.1) is 0 Å². The maximum Gasteiger partial charge on any atom is 0.0232 e. The molecular weight excluding hydrogens is 112 g/mol. The molecule has 1 radical (unpaired) electrons. The highest BCUT2D eigenvalue weighted by atomic mass is 15.2. The first-order valence-corrected chi connectivity index (χ1v) is 3.42. The molecule has 0 aromatic carbocycles. The van der Waals surface area contributed by atoms with E-state index in [2.05, 4.69) is 23.9 Å². The Morgan fingerprint density at radius 2 is 2.33 bits per heavy atom. The molecule has 53 valence electrons. The summed E-state index contributed by atoms with van der Waals surface area (Å²) in [5.41, 5.74) is 0. The summed E-state index contributed by atoms with van der Waals surface area (Å²) < 4.78 is 0. The topological polar surface area (TPSA) is 6.48 Å². The Labute approximate surface area is 57.4 Å². The van der Waals surface area contributed by atoms with Crippen LogP contribution in [-0.4, -0.2) is 43.0 Å². The SMILES string of the molecule is [CH2]N(C)C1CCN(C)C1. The van der Waals surface area contributed by atoms with E-state index in [9.17, 15) is 0 Å². The van der Waals surface area contributed by atoms with Gasteiger partial charge in [0.2, 0.25) is 0 Å². The normalized spacial score (nSPS) is 30.0. The van der Waals surface area contributed by atoms with Crippen molar-refractivity contribution in [3.63, 3.8) is 0 Å². The molecule has 1 unspecified atom stereocenters. The molecule has 9 heavy (non-hydrogen) atoms. The molecule has 0 aliphatic carbocycles. The molecule has 0 aromatic heterocycles. The molecule has 0 N–H and O–H groups in total. The van der Waals surface area contributed by atoms with Crippen molar-refractivity contribution in [2.45, 2.75) is 12.5 Å². The average Bonchev–Trinajstić information content (AvgIpc) is 2.14. The maximum absolute atomic E-state index is 3.86. The molecule has 1 aliphatic heterocycles. The van der Waals surface area contributed by atoms with Crippen LogP contribution in [0, 0.1) is 7.05 Å². The predicted octanol–water partition coefficient (Wildman–Crippen LogP) is 0.414. The zero-order valence-electron chi connectivity index (χ0n) is 6.30. The van der Waals surface area contributed by atoms with E-state index in [1.54, 1.807) is 0 Å². The Morgan fingerprint density at radius 3 is 2.56 bits per heavy atom. The van der Waals surface area contributed by atoms with E-state index < -0.39 is 0 Å². The number of rotatable bonds is 1. The Bertz CT molecular complexity index is 90.9. The van der Waals surface area contributed by atoms with Gasteiger partial charge in [0.25, 0.3) is 0 Å². The molecule has 1 rings (SSSR count). The molecule has 1 heterocycles. The van der Waals surface area contributed by atoms with Gasteiger partial charge < -0.3 is 9.80 Å². The first-order chi connectivity index (χ1) is 4.20. The predicted molar refractivity (Wildman–Crippen MR) is 39.0 cm³/mol. The van der Waals surface area contributed by atoms with Crippen LogP contribution in [0.3, 0.4) is 0 Å². The lowest BCUT2D eigenvalue weighted by Gasteiger charge is -2.17. The smallest absolute Gasteiger partial charge is 0.0232 e. The van der Waals surface area contributed by atoms with Gasteiger partial charge in [0.05, 0.1) is 0 Å². The van der Waals surface area contributed by atoms with E-state index in [0.717, 1.165) is 0 Å². The number of hydrogen-bond donors (Lipinski definition) is 0. The van der Waals surface area contributed by atoms with Crippen molar-refractivity contribution in [3.05, 3.63) is 7.05 Å². The first-order valence-electron chi connectivity index (χ1n) is 3.42. The second kappa shape index (κ2) is 2.67. The zero-order valence-corrected chi connectivity index (χ0v) is 6.30. The quantitative estimate of drug-likeness (QED) is 0.503. The van der Waals surface area contributed by atoms with Crippen LogP contribution in [0.25, 0.3) is 0 Å². The molecule has 1 atom stereocenters. The molecule has 2 nitrogen and oxygen atoms in total. The van der Waals surface area contributed by atoms with E-state index in [1.165, 1.54) is 19.5 Å². The van der Waals surface area contributed by atoms with E-state index >= 15 is 0 Å². The summed E-state index contributed by atoms with van der Waals surface area (Å²) in [5, 5.41) is 0. The minimum Gasteiger partial charge on any atom is -0.305 e. The maximum atomic E-state index is 3.86. The van der Waals surface area contributed by atoms with Crippen LogP contribution in [0.1, 0.15) is 6.42 Å². The molecule has 0 saturated carbocycles. The molecule has 2 heteroatoms. The molecule has 0 aromatic rings. The summed E-state index contributed by atoms with van der Waals surface area (Å²) in [6.07, 6.45) is 1.27. The fourth-order valence-corrected chi connectivity index (χ4v) is 1.27. The monoisotopic (exact) mass is 127 g/mol. The van der Waals surface area contributed by atoms with E-state index in [0.29, 0.717) is 6.04 Å². The highest BCUT2D eigenvalue weighted by Gasteiger charge is 2.20. The minimum absolute atomic E-state index is 0.690. The molecule has 1 saturated heterocycles. The van der Waals surface area contributed by atoms with Gasteiger partial charge in [0.1, 0.15) is 0 Å². The third-order valence-corrected chi connectivity index (χ3v) is 1.99. The third kappa shape index (κ3) is 1.66. The highest BCUT2D eigenvalue weighted by molar-refractivity contribution is 4.79. The Morgan fingerprint density at radius 1 is 1.67 bits per heavy atom. The van der Waals surface area contributed by atoms with Gasteiger partial charge in [0.15, 0.2) is 0 Å². The molecule has 0 spiro atoms. The van der Waals surface area contributed by atoms with Crippen LogP contribution in [0.5, 0.6) is 0 Å². The van der Waals surface area contributed by atoms with Gasteiger partial charge in [-0.2, -0.15) is 0 Å². The average molecular weight is 127 g/mol. The van der Waals surface area contributed by atoms with E-state index in [1.807, 2.05) is 7.05 Å². The highest BCUT2D eigenvalue weighted by Crippen LogP contribution is 2.10. The van der Waals surface area contributed by atoms with Crippen molar-refractivity contribution in [2.75, 3.05) is 27.2 Å². The number of nitrogens with zero attached hydrogens (tertiary/aromatic N) is 2. The van der Waals surface area contributed by atoms with Crippen molar-refractivity contribution in [3.8, 4) is 0 Å². The van der Waals surface area contributed by atoms with E-state index in [4.69, 9.17) is 0 Å². The van der Waals surface area contributed by atoms with Crippen molar-refractivity contribution >= 4 is 0 Å². The van der Waals surface area contributed by atoms with Crippen LogP contribution in [-0.2, 0) is 0 Å². The van der Waals surface area contributed by atoms with Crippen LogP contribution >= 0.6 is 0 Å². The molecular formula is C7H15N2. The summed E-state index contributed by atoms with van der Waals surface area (Å²) in [6, 6.07) is 0.690. The van der Waals surface area contributed by atoms with Gasteiger partial charge in [-0.25, -0.2) is 0 Å². The molecule has 0 bridgehead atoms. The third-order valence-electron chi connectivity index (χ3n) is 1.99. The zero-order chi connectivity index (χ0) is 6.85. The van der Waals surface area contributed by atoms with Crippen molar-refractivity contribution in [1.29, 1.82) is 0 Å². The second-order valence-corrected chi connectivity index (χ2v) is 2.96. The summed E-state index contributed by atoms with van der Waals surface area (Å²) in [6.45, 7) is 2.41.